The van der Waals surface area contributed by atoms with Gasteiger partial charge in [0.15, 0.2) is 0 Å². The highest BCUT2D eigenvalue weighted by Gasteiger charge is 2.18. The number of nitrogens with zero attached hydrogens (tertiary/aromatic N) is 4. The van der Waals surface area contributed by atoms with Gasteiger partial charge in [0.2, 0.25) is 0 Å². The third-order valence-corrected chi connectivity index (χ3v) is 14.8. The van der Waals surface area contributed by atoms with Crippen molar-refractivity contribution in [1.29, 1.82) is 0 Å². The summed E-state index contributed by atoms with van der Waals surface area (Å²) in [7, 11) is 2.36. The zero-order chi connectivity index (χ0) is 47.3. The van der Waals surface area contributed by atoms with Crippen LogP contribution in [-0.2, 0) is 0 Å². The smallest absolute Gasteiger partial charge is 0.0110 e. The molecule has 1 aliphatic rings. The molecule has 4 nitrogen and oxygen atoms in total. The number of piperazine rings is 1. The van der Waals surface area contributed by atoms with Crippen LogP contribution in [0.1, 0.15) is 284 Å². The highest BCUT2D eigenvalue weighted by Crippen LogP contribution is 2.15. The standard InChI is InChI=1S/C62H122N4/c1-5-8-11-14-17-20-23-26-29-32-34-37-40-43-46-49-52-63(4)55-56-65-59-61-66(62-60-65)58-57-64(53-50-47-44-41-38-35-31-28-25-22-19-16-13-10-7-3)54-51-48-45-42-39-36-33-30-27-24-21-18-15-12-9-6-2/h25-30H,5-24,31-62H2,1-4H3. The van der Waals surface area contributed by atoms with Crippen molar-refractivity contribution in [3.05, 3.63) is 36.5 Å². The van der Waals surface area contributed by atoms with E-state index in [2.05, 4.69) is 83.9 Å². The fraction of sp³-hybridized carbons (Fsp3) is 0.903. The molecule has 0 aliphatic carbocycles. The molecule has 0 atom stereocenters. The molecule has 0 saturated carbocycles. The van der Waals surface area contributed by atoms with E-state index in [1.165, 1.54) is 335 Å². The van der Waals surface area contributed by atoms with Crippen molar-refractivity contribution in [2.24, 2.45) is 0 Å². The molecule has 0 spiro atoms. The molecule has 0 amide bonds. The fourth-order valence-corrected chi connectivity index (χ4v) is 9.90. The van der Waals surface area contributed by atoms with Gasteiger partial charge in [0, 0.05) is 52.4 Å². The molecule has 0 aromatic carbocycles. The van der Waals surface area contributed by atoms with Gasteiger partial charge in [-0.15, -0.1) is 0 Å². The van der Waals surface area contributed by atoms with E-state index >= 15 is 0 Å². The first-order chi connectivity index (χ1) is 32.7. The first-order valence-electron chi connectivity index (χ1n) is 30.5. The van der Waals surface area contributed by atoms with Crippen LogP contribution < -0.4 is 0 Å². The van der Waals surface area contributed by atoms with Crippen LogP contribution >= 0.6 is 0 Å². The van der Waals surface area contributed by atoms with E-state index < -0.39 is 0 Å². The largest absolute Gasteiger partial charge is 0.305 e. The van der Waals surface area contributed by atoms with E-state index in [9.17, 15) is 0 Å². The van der Waals surface area contributed by atoms with Gasteiger partial charge in [-0.25, -0.2) is 0 Å². The average Bonchev–Trinajstić information content (AvgIpc) is 3.33. The number of rotatable bonds is 53. The first kappa shape index (κ1) is 63.1. The molecule has 0 bridgehead atoms. The van der Waals surface area contributed by atoms with Crippen molar-refractivity contribution in [3.63, 3.8) is 0 Å². The number of allylic oxidation sites excluding steroid dienone is 6. The lowest BCUT2D eigenvalue weighted by atomic mass is 10.1. The van der Waals surface area contributed by atoms with Crippen molar-refractivity contribution >= 4 is 0 Å². The fourth-order valence-electron chi connectivity index (χ4n) is 9.90. The topological polar surface area (TPSA) is 13.0 Å². The van der Waals surface area contributed by atoms with Crippen molar-refractivity contribution in [3.8, 4) is 0 Å². The summed E-state index contributed by atoms with van der Waals surface area (Å²) >= 11 is 0. The van der Waals surface area contributed by atoms with Crippen LogP contribution in [0.2, 0.25) is 0 Å². The van der Waals surface area contributed by atoms with E-state index in [4.69, 9.17) is 0 Å². The molecule has 0 unspecified atom stereocenters. The van der Waals surface area contributed by atoms with Gasteiger partial charge in [-0.1, -0.05) is 224 Å². The Labute approximate surface area is 417 Å². The Morgan fingerprint density at radius 2 is 0.515 bits per heavy atom. The zero-order valence-corrected chi connectivity index (χ0v) is 46.0. The second-order valence-electron chi connectivity index (χ2n) is 21.3. The molecular weight excluding hydrogens is 801 g/mol. The lowest BCUT2D eigenvalue weighted by molar-refractivity contribution is 0.110. The molecule has 0 aromatic rings. The number of hydrogen-bond acceptors (Lipinski definition) is 4. The van der Waals surface area contributed by atoms with E-state index in [-0.39, 0.29) is 0 Å². The minimum Gasteiger partial charge on any atom is -0.305 e. The molecule has 1 saturated heterocycles. The predicted octanol–water partition coefficient (Wildman–Crippen LogP) is 18.6. The van der Waals surface area contributed by atoms with E-state index in [1.54, 1.807) is 0 Å². The van der Waals surface area contributed by atoms with Gasteiger partial charge in [0.25, 0.3) is 0 Å². The van der Waals surface area contributed by atoms with Crippen LogP contribution in [0.15, 0.2) is 36.5 Å². The van der Waals surface area contributed by atoms with Crippen LogP contribution in [-0.4, -0.2) is 98.6 Å². The Kier molecular flexibility index (Phi) is 51.0. The lowest BCUT2D eigenvalue weighted by Gasteiger charge is -2.36. The number of hydrogen-bond donors (Lipinski definition) is 0. The minimum absolute atomic E-state index is 1.23. The Morgan fingerprint density at radius 3 is 0.818 bits per heavy atom. The highest BCUT2D eigenvalue weighted by atomic mass is 15.3. The molecule has 1 aliphatic heterocycles. The minimum atomic E-state index is 1.23. The number of unbranched alkanes of at least 4 members (excludes halogenated alkanes) is 35. The molecule has 0 N–H and O–H groups in total. The maximum absolute atomic E-state index is 2.86. The summed E-state index contributed by atoms with van der Waals surface area (Å²) in [5, 5.41) is 0. The van der Waals surface area contributed by atoms with E-state index in [0.29, 0.717) is 0 Å². The van der Waals surface area contributed by atoms with Crippen LogP contribution in [0.3, 0.4) is 0 Å². The summed E-state index contributed by atoms with van der Waals surface area (Å²) in [5.41, 5.74) is 0. The number of likely N-dealkylation sites (N-methyl/N-ethyl adjacent to an activating group) is 1. The van der Waals surface area contributed by atoms with Gasteiger partial charge >= 0.3 is 0 Å². The van der Waals surface area contributed by atoms with Crippen molar-refractivity contribution in [2.45, 2.75) is 284 Å². The quantitative estimate of drug-likeness (QED) is 0.0445. The first-order valence-corrected chi connectivity index (χ1v) is 30.5. The maximum atomic E-state index is 2.86. The second kappa shape index (κ2) is 53.4. The average molecular weight is 924 g/mol. The van der Waals surface area contributed by atoms with Crippen molar-refractivity contribution in [1.82, 2.24) is 19.6 Å². The van der Waals surface area contributed by atoms with E-state index in [0.717, 1.165) is 0 Å². The van der Waals surface area contributed by atoms with E-state index in [1.807, 2.05) is 0 Å². The lowest BCUT2D eigenvalue weighted by Crippen LogP contribution is -2.50. The van der Waals surface area contributed by atoms with Gasteiger partial charge in [-0.05, 0) is 123 Å². The van der Waals surface area contributed by atoms with Crippen LogP contribution in [0.4, 0.5) is 0 Å². The van der Waals surface area contributed by atoms with Crippen LogP contribution in [0, 0.1) is 0 Å². The van der Waals surface area contributed by atoms with Gasteiger partial charge in [-0.2, -0.15) is 0 Å². The van der Waals surface area contributed by atoms with Gasteiger partial charge in [0.05, 0.1) is 0 Å². The summed E-state index contributed by atoms with van der Waals surface area (Å²) in [6.07, 6.45) is 71.8. The van der Waals surface area contributed by atoms with Gasteiger partial charge in [-0.3, -0.25) is 9.80 Å². The SMILES string of the molecule is CCCCCCCC=CCCCCCCCCN(CCCCCCCCC=CCCCCCCCC)CCN1CCN(CCN(C)CCCCCCCCC=CCCCCCCCC)CC1. The van der Waals surface area contributed by atoms with Gasteiger partial charge in [0.1, 0.15) is 0 Å². The summed E-state index contributed by atoms with van der Waals surface area (Å²) < 4.78 is 0. The zero-order valence-electron chi connectivity index (χ0n) is 46.0. The highest BCUT2D eigenvalue weighted by molar-refractivity contribution is 4.83. The molecule has 4 heteroatoms. The van der Waals surface area contributed by atoms with Crippen molar-refractivity contribution in [2.75, 3.05) is 79.0 Å². The third kappa shape index (κ3) is 46.8. The Balaban J connectivity index is 2.21. The Hall–Kier alpha value is -0.940. The molecule has 0 radical (unpaired) electrons. The summed E-state index contributed by atoms with van der Waals surface area (Å²) in [5.74, 6) is 0. The van der Waals surface area contributed by atoms with Crippen LogP contribution in [0.5, 0.6) is 0 Å². The van der Waals surface area contributed by atoms with Crippen LogP contribution in [0.25, 0.3) is 0 Å². The third-order valence-electron chi connectivity index (χ3n) is 14.8. The molecule has 0 aromatic heterocycles. The van der Waals surface area contributed by atoms with Crippen molar-refractivity contribution < 1.29 is 0 Å². The normalized spacial score (nSPS) is 14.3. The molecule has 1 rings (SSSR count). The molecule has 1 heterocycles. The summed E-state index contributed by atoms with van der Waals surface area (Å²) in [6.45, 7) is 20.9. The van der Waals surface area contributed by atoms with Gasteiger partial charge < -0.3 is 9.80 Å². The molecular formula is C62H122N4. The summed E-state index contributed by atoms with van der Waals surface area (Å²) in [4.78, 5) is 11.0. The Bertz CT molecular complexity index is 998. The second-order valence-corrected chi connectivity index (χ2v) is 21.3. The molecule has 1 fully saturated rings. The monoisotopic (exact) mass is 923 g/mol. The molecule has 390 valence electrons. The Morgan fingerprint density at radius 1 is 0.273 bits per heavy atom. The predicted molar refractivity (Wildman–Crippen MR) is 301 cm³/mol. The summed E-state index contributed by atoms with van der Waals surface area (Å²) in [6, 6.07) is 0. The molecule has 66 heavy (non-hydrogen) atoms. The maximum Gasteiger partial charge on any atom is 0.0110 e.